The van der Waals surface area contributed by atoms with Crippen molar-refractivity contribution in [3.05, 3.63) is 40.9 Å². The first kappa shape index (κ1) is 15.5. The maximum Gasteiger partial charge on any atom is 0.311 e. The van der Waals surface area contributed by atoms with Gasteiger partial charge in [-0.3, -0.25) is 9.59 Å². The summed E-state index contributed by atoms with van der Waals surface area (Å²) in [5.41, 5.74) is 0.807. The number of carbonyl (C=O) groups is 2. The van der Waals surface area contributed by atoms with E-state index in [1.807, 2.05) is 6.07 Å². The first-order valence-corrected chi connectivity index (χ1v) is 6.88. The zero-order chi connectivity index (χ0) is 15.4. The lowest BCUT2D eigenvalue weighted by atomic mass is 10.0. The van der Waals surface area contributed by atoms with Crippen molar-refractivity contribution in [3.8, 4) is 0 Å². The number of nitrogens with zero attached hydrogens (tertiary/aromatic N) is 1. The van der Waals surface area contributed by atoms with E-state index in [-0.39, 0.29) is 19.1 Å². The van der Waals surface area contributed by atoms with Crippen LogP contribution in [0.5, 0.6) is 0 Å². The molecule has 6 heteroatoms. The molecule has 1 aromatic rings. The van der Waals surface area contributed by atoms with Gasteiger partial charge < -0.3 is 14.7 Å². The van der Waals surface area contributed by atoms with Crippen LogP contribution in [-0.4, -0.2) is 48.2 Å². The molecular weight excluding hydrogens is 294 g/mol. The molecule has 1 fully saturated rings. The molecule has 2 atom stereocenters. The largest absolute Gasteiger partial charge is 0.481 e. The molecule has 1 saturated heterocycles. The Labute approximate surface area is 127 Å². The molecule has 5 nitrogen and oxygen atoms in total. The average Bonchev–Trinajstić information content (AvgIpc) is 2.93. The van der Waals surface area contributed by atoms with Crippen LogP contribution < -0.4 is 0 Å². The molecule has 1 amide bonds. The van der Waals surface area contributed by atoms with E-state index < -0.39 is 17.9 Å². The molecule has 21 heavy (non-hydrogen) atoms. The standard InChI is InChI=1S/C15H16ClNO4/c1-17(13-9-21-8-12(13)15(19)20)14(18)6-5-10-3-2-4-11(16)7-10/h2-7,12-13H,8-9H2,1H3,(H,19,20). The van der Waals surface area contributed by atoms with Gasteiger partial charge in [0.05, 0.1) is 19.3 Å². The Morgan fingerprint density at radius 2 is 2.19 bits per heavy atom. The van der Waals surface area contributed by atoms with Gasteiger partial charge in [0.1, 0.15) is 5.92 Å². The second-order valence-electron chi connectivity index (χ2n) is 4.89. The number of rotatable bonds is 4. The first-order valence-electron chi connectivity index (χ1n) is 6.50. The van der Waals surface area contributed by atoms with Crippen LogP contribution in [0.15, 0.2) is 30.3 Å². The third-order valence-corrected chi connectivity index (χ3v) is 3.71. The molecule has 0 aliphatic carbocycles. The Hall–Kier alpha value is -1.85. The molecule has 1 heterocycles. The molecule has 112 valence electrons. The second-order valence-corrected chi connectivity index (χ2v) is 5.32. The maximum absolute atomic E-state index is 12.1. The molecular formula is C15H16ClNO4. The lowest BCUT2D eigenvalue weighted by Crippen LogP contribution is -2.43. The third kappa shape index (κ3) is 3.83. The number of carboxylic acids is 1. The van der Waals surface area contributed by atoms with Gasteiger partial charge >= 0.3 is 5.97 Å². The number of carboxylic acid groups (broad SMARTS) is 1. The summed E-state index contributed by atoms with van der Waals surface area (Å²) in [6.45, 7) is 0.375. The molecule has 1 aliphatic heterocycles. The van der Waals surface area contributed by atoms with Crippen LogP contribution >= 0.6 is 11.6 Å². The predicted molar refractivity (Wildman–Crippen MR) is 79.0 cm³/mol. The molecule has 0 radical (unpaired) electrons. The molecule has 1 N–H and O–H groups in total. The van der Waals surface area contributed by atoms with Gasteiger partial charge in [-0.25, -0.2) is 0 Å². The maximum atomic E-state index is 12.1. The smallest absolute Gasteiger partial charge is 0.311 e. The van der Waals surface area contributed by atoms with Crippen LogP contribution in [0.1, 0.15) is 5.56 Å². The molecule has 0 spiro atoms. The van der Waals surface area contributed by atoms with Crippen LogP contribution in [0.3, 0.4) is 0 Å². The number of hydrogen-bond donors (Lipinski definition) is 1. The fraction of sp³-hybridized carbons (Fsp3) is 0.333. The molecule has 0 bridgehead atoms. The van der Waals surface area contributed by atoms with Crippen molar-refractivity contribution in [2.24, 2.45) is 5.92 Å². The van der Waals surface area contributed by atoms with E-state index in [1.54, 1.807) is 31.3 Å². The quantitative estimate of drug-likeness (QED) is 0.863. The van der Waals surface area contributed by atoms with Gasteiger partial charge in [0.15, 0.2) is 0 Å². The summed E-state index contributed by atoms with van der Waals surface area (Å²) < 4.78 is 5.16. The van der Waals surface area contributed by atoms with Crippen LogP contribution in [0.25, 0.3) is 6.08 Å². The Balaban J connectivity index is 2.04. The molecule has 2 unspecified atom stereocenters. The molecule has 2 rings (SSSR count). The van der Waals surface area contributed by atoms with Crippen LogP contribution in [-0.2, 0) is 14.3 Å². The Bertz CT molecular complexity index is 573. The van der Waals surface area contributed by atoms with Crippen molar-refractivity contribution < 1.29 is 19.4 Å². The van der Waals surface area contributed by atoms with Crippen molar-refractivity contribution >= 4 is 29.6 Å². The van der Waals surface area contributed by atoms with Gasteiger partial charge in [-0.05, 0) is 23.8 Å². The zero-order valence-corrected chi connectivity index (χ0v) is 12.3. The summed E-state index contributed by atoms with van der Waals surface area (Å²) in [5.74, 6) is -1.90. The van der Waals surface area contributed by atoms with E-state index in [0.29, 0.717) is 5.02 Å². The number of likely N-dealkylation sites (N-methyl/N-ethyl adjacent to an activating group) is 1. The molecule has 1 aromatic carbocycles. The van der Waals surface area contributed by atoms with E-state index in [9.17, 15) is 9.59 Å². The summed E-state index contributed by atoms with van der Waals surface area (Å²) >= 11 is 5.87. The van der Waals surface area contributed by atoms with Gasteiger partial charge in [0.25, 0.3) is 0 Å². The lowest BCUT2D eigenvalue weighted by molar-refractivity contribution is -0.143. The summed E-state index contributed by atoms with van der Waals surface area (Å²) in [7, 11) is 1.58. The van der Waals surface area contributed by atoms with E-state index in [1.165, 1.54) is 11.0 Å². The Morgan fingerprint density at radius 1 is 1.43 bits per heavy atom. The van der Waals surface area contributed by atoms with Crippen molar-refractivity contribution in [1.29, 1.82) is 0 Å². The number of benzene rings is 1. The highest BCUT2D eigenvalue weighted by Gasteiger charge is 2.37. The van der Waals surface area contributed by atoms with E-state index in [0.717, 1.165) is 5.56 Å². The average molecular weight is 310 g/mol. The summed E-state index contributed by atoms with van der Waals surface area (Å²) in [4.78, 5) is 24.6. The second kappa shape index (κ2) is 6.74. The SMILES string of the molecule is CN(C(=O)C=Cc1cccc(Cl)c1)C1COCC1C(=O)O. The number of aliphatic carboxylic acids is 1. The van der Waals surface area contributed by atoms with Gasteiger partial charge in [0.2, 0.25) is 5.91 Å². The van der Waals surface area contributed by atoms with E-state index in [4.69, 9.17) is 21.4 Å². The number of ether oxygens (including phenoxy) is 1. The molecule has 1 aliphatic rings. The van der Waals surface area contributed by atoms with Crippen molar-refractivity contribution in [3.63, 3.8) is 0 Å². The summed E-state index contributed by atoms with van der Waals surface area (Å²) in [6.07, 6.45) is 3.05. The molecule has 0 saturated carbocycles. The van der Waals surface area contributed by atoms with Crippen LogP contribution in [0.4, 0.5) is 0 Å². The van der Waals surface area contributed by atoms with E-state index in [2.05, 4.69) is 0 Å². The Morgan fingerprint density at radius 3 is 2.86 bits per heavy atom. The fourth-order valence-corrected chi connectivity index (χ4v) is 2.42. The predicted octanol–water partition coefficient (Wildman–Crippen LogP) is 1.91. The number of halogens is 1. The summed E-state index contributed by atoms with van der Waals surface area (Å²) in [5, 5.41) is 9.69. The number of amides is 1. The minimum absolute atomic E-state index is 0.135. The number of carbonyl (C=O) groups excluding carboxylic acids is 1. The van der Waals surface area contributed by atoms with Crippen molar-refractivity contribution in [2.45, 2.75) is 6.04 Å². The fourth-order valence-electron chi connectivity index (χ4n) is 2.22. The Kier molecular flexibility index (Phi) is 4.98. The highest BCUT2D eigenvalue weighted by molar-refractivity contribution is 6.30. The van der Waals surface area contributed by atoms with E-state index >= 15 is 0 Å². The lowest BCUT2D eigenvalue weighted by Gasteiger charge is -2.25. The zero-order valence-electron chi connectivity index (χ0n) is 11.5. The van der Waals surface area contributed by atoms with Crippen molar-refractivity contribution in [1.82, 2.24) is 4.90 Å². The van der Waals surface area contributed by atoms with Crippen LogP contribution in [0, 0.1) is 5.92 Å². The minimum Gasteiger partial charge on any atom is -0.481 e. The van der Waals surface area contributed by atoms with Crippen LogP contribution in [0.2, 0.25) is 5.02 Å². The molecule has 0 aromatic heterocycles. The topological polar surface area (TPSA) is 66.8 Å². The highest BCUT2D eigenvalue weighted by atomic mass is 35.5. The third-order valence-electron chi connectivity index (χ3n) is 3.48. The van der Waals surface area contributed by atoms with Gasteiger partial charge in [-0.1, -0.05) is 23.7 Å². The summed E-state index contributed by atoms with van der Waals surface area (Å²) in [6, 6.07) is 6.67. The van der Waals surface area contributed by atoms with Crippen molar-refractivity contribution in [2.75, 3.05) is 20.3 Å². The van der Waals surface area contributed by atoms with Gasteiger partial charge in [0, 0.05) is 18.1 Å². The minimum atomic E-state index is -0.948. The first-order chi connectivity index (χ1) is 9.99. The monoisotopic (exact) mass is 309 g/mol. The number of hydrogen-bond acceptors (Lipinski definition) is 3. The van der Waals surface area contributed by atoms with Gasteiger partial charge in [-0.2, -0.15) is 0 Å². The van der Waals surface area contributed by atoms with Gasteiger partial charge in [-0.15, -0.1) is 0 Å². The normalized spacial score (nSPS) is 21.6. The highest BCUT2D eigenvalue weighted by Crippen LogP contribution is 2.19.